The second-order valence-electron chi connectivity index (χ2n) is 10.1. The summed E-state index contributed by atoms with van der Waals surface area (Å²) in [5.41, 5.74) is 16.1. The molecule has 2 amide bonds. The number of carboxylic acids is 3. The molecule has 13 heteroatoms. The number of nitrogens with two attached hydrogens (primary N) is 2. The largest absolute Gasteiger partial charge is 0.480 e. The van der Waals surface area contributed by atoms with Crippen molar-refractivity contribution in [1.29, 1.82) is 0 Å². The molecule has 236 valence electrons. The number of piperidine rings is 1. The normalized spacial score (nSPS) is 14.7. The van der Waals surface area contributed by atoms with Crippen LogP contribution in [0.1, 0.15) is 44.2 Å². The first-order valence-electron chi connectivity index (χ1n) is 13.8. The molecule has 0 saturated carbocycles. The van der Waals surface area contributed by atoms with Gasteiger partial charge >= 0.3 is 17.9 Å². The average molecular weight is 611 g/mol. The predicted molar refractivity (Wildman–Crippen MR) is 162 cm³/mol. The van der Waals surface area contributed by atoms with Gasteiger partial charge in [0.1, 0.15) is 18.1 Å². The van der Waals surface area contributed by atoms with Gasteiger partial charge in [-0.3, -0.25) is 34.4 Å². The second kappa shape index (κ2) is 17.3. The summed E-state index contributed by atoms with van der Waals surface area (Å²) in [6.45, 7) is 3.16. The van der Waals surface area contributed by atoms with Crippen LogP contribution in [0.15, 0.2) is 66.7 Å². The van der Waals surface area contributed by atoms with Crippen LogP contribution >= 0.6 is 0 Å². The van der Waals surface area contributed by atoms with E-state index in [-0.39, 0.29) is 24.7 Å². The van der Waals surface area contributed by atoms with Gasteiger partial charge in [0, 0.05) is 12.8 Å². The Morgan fingerprint density at radius 3 is 1.89 bits per heavy atom. The molecule has 0 aliphatic carbocycles. The van der Waals surface area contributed by atoms with Crippen molar-refractivity contribution in [2.75, 3.05) is 5.48 Å². The lowest BCUT2D eigenvalue weighted by atomic mass is 10.1. The first kappa shape index (κ1) is 35.3. The highest BCUT2D eigenvalue weighted by Gasteiger charge is 2.33. The lowest BCUT2D eigenvalue weighted by molar-refractivity contribution is -0.159. The van der Waals surface area contributed by atoms with Gasteiger partial charge in [0.05, 0.1) is 12.3 Å². The van der Waals surface area contributed by atoms with Crippen LogP contribution in [0.3, 0.4) is 0 Å². The fourth-order valence-electron chi connectivity index (χ4n) is 3.88. The van der Waals surface area contributed by atoms with Crippen molar-refractivity contribution >= 4 is 46.2 Å². The molecule has 0 spiro atoms. The molecule has 0 radical (unpaired) electrons. The van der Waals surface area contributed by atoms with Crippen molar-refractivity contribution in [1.82, 2.24) is 4.90 Å². The molecule has 4 rings (SSSR count). The van der Waals surface area contributed by atoms with Gasteiger partial charge in [-0.1, -0.05) is 54.6 Å². The fourth-order valence-corrected chi connectivity index (χ4v) is 3.88. The third kappa shape index (κ3) is 11.4. The molecule has 0 unspecified atom stereocenters. The minimum absolute atomic E-state index is 0.267. The summed E-state index contributed by atoms with van der Waals surface area (Å²) < 4.78 is 0. The van der Waals surface area contributed by atoms with E-state index in [4.69, 9.17) is 31.6 Å². The van der Waals surface area contributed by atoms with E-state index in [1.807, 2.05) is 54.6 Å². The zero-order chi connectivity index (χ0) is 32.8. The van der Waals surface area contributed by atoms with Crippen molar-refractivity contribution in [3.05, 3.63) is 77.9 Å². The Labute approximate surface area is 254 Å². The van der Waals surface area contributed by atoms with Gasteiger partial charge in [-0.05, 0) is 60.7 Å². The Kier molecular flexibility index (Phi) is 13.9. The minimum atomic E-state index is -1.15. The molecule has 3 aromatic rings. The molecule has 0 bridgehead atoms. The molecule has 0 aromatic heterocycles. The average Bonchev–Trinajstić information content (AvgIpc) is 2.98. The number of carboxylic acid groups (broad SMARTS) is 3. The Hall–Kier alpha value is -4.85. The summed E-state index contributed by atoms with van der Waals surface area (Å²) in [4.78, 5) is 59.7. The lowest BCUT2D eigenvalue weighted by Crippen LogP contribution is -2.49. The van der Waals surface area contributed by atoms with Gasteiger partial charge in [0.25, 0.3) is 0 Å². The Bertz CT molecular complexity index is 1430. The van der Waals surface area contributed by atoms with Crippen LogP contribution < -0.4 is 16.9 Å². The van der Waals surface area contributed by atoms with Gasteiger partial charge in [0.15, 0.2) is 0 Å². The van der Waals surface area contributed by atoms with Crippen LogP contribution in [-0.2, 0) is 41.8 Å². The number of imide groups is 1. The number of rotatable bonds is 10. The first-order chi connectivity index (χ1) is 20.8. The number of hydrogen-bond donors (Lipinski definition) is 6. The maximum absolute atomic E-state index is 11.2. The van der Waals surface area contributed by atoms with E-state index in [2.05, 4.69) is 17.6 Å². The topological polar surface area (TPSA) is 223 Å². The van der Waals surface area contributed by atoms with Crippen molar-refractivity contribution in [2.45, 2.75) is 64.3 Å². The summed E-state index contributed by atoms with van der Waals surface area (Å²) in [6, 6.07) is 19.1. The van der Waals surface area contributed by atoms with Gasteiger partial charge in [-0.25, -0.2) is 4.79 Å². The van der Waals surface area contributed by atoms with Crippen molar-refractivity contribution in [3.63, 3.8) is 0 Å². The van der Waals surface area contributed by atoms with Crippen LogP contribution in [0.2, 0.25) is 0 Å². The molecule has 8 N–H and O–H groups in total. The molecular formula is C31H38N4O9. The summed E-state index contributed by atoms with van der Waals surface area (Å²) in [5, 5.41) is 27.7. The molecule has 1 aliphatic heterocycles. The quantitative estimate of drug-likeness (QED) is 0.144. The summed E-state index contributed by atoms with van der Waals surface area (Å²) in [6.07, 6.45) is 1.37. The molecule has 3 aromatic carbocycles. The first-order valence-corrected chi connectivity index (χ1v) is 13.8. The number of nitrogens with zero attached hydrogens (tertiary/aromatic N) is 1. The Morgan fingerprint density at radius 1 is 0.818 bits per heavy atom. The number of hydrogen-bond acceptors (Lipinski definition) is 9. The van der Waals surface area contributed by atoms with Crippen molar-refractivity contribution < 1.29 is 44.1 Å². The predicted octanol–water partition coefficient (Wildman–Crippen LogP) is 2.75. The number of carbonyl (C=O) groups excluding carboxylic acids is 2. The highest BCUT2D eigenvalue weighted by Crippen LogP contribution is 2.19. The maximum atomic E-state index is 11.2. The monoisotopic (exact) mass is 610 g/mol. The molecule has 1 aliphatic rings. The number of aliphatic carboxylic acids is 3. The number of likely N-dealkylation sites (tertiary alicyclic amines) is 1. The summed E-state index contributed by atoms with van der Waals surface area (Å²) in [7, 11) is 0. The minimum Gasteiger partial charge on any atom is -0.480 e. The number of anilines is 1. The van der Waals surface area contributed by atoms with Crippen molar-refractivity contribution in [3.8, 4) is 0 Å². The third-order valence-corrected chi connectivity index (χ3v) is 6.43. The molecule has 1 saturated heterocycles. The van der Waals surface area contributed by atoms with E-state index in [0.717, 1.165) is 27.1 Å². The molecule has 1 fully saturated rings. The fraction of sp³-hybridized carbons (Fsp3) is 0.323. The number of carbonyl (C=O) groups is 5. The van der Waals surface area contributed by atoms with E-state index in [9.17, 15) is 24.0 Å². The highest BCUT2D eigenvalue weighted by atomic mass is 16.6. The van der Waals surface area contributed by atoms with E-state index >= 15 is 0 Å². The number of nitrogens with one attached hydrogen (secondary N) is 1. The van der Waals surface area contributed by atoms with Gasteiger partial charge in [0.2, 0.25) is 11.8 Å². The van der Waals surface area contributed by atoms with Crippen LogP contribution in [0.4, 0.5) is 5.69 Å². The number of fused-ring (bicyclic) bond motifs is 1. The highest BCUT2D eigenvalue weighted by molar-refractivity contribution is 6.00. The SMILES string of the molecule is C[C@@H](C(=O)O)N1C(=O)CCCC1=O.C[C@H](N)C(=O)O.N[C@@H](Cc1ccc(CONc2ccc3ccccc3c2)cc1)C(=O)O. The van der Waals surface area contributed by atoms with Gasteiger partial charge in [-0.15, -0.1) is 0 Å². The zero-order valence-electron chi connectivity index (χ0n) is 24.5. The lowest BCUT2D eigenvalue weighted by Gasteiger charge is -2.27. The molecule has 44 heavy (non-hydrogen) atoms. The van der Waals surface area contributed by atoms with Gasteiger partial charge < -0.3 is 26.8 Å². The van der Waals surface area contributed by atoms with E-state index < -0.39 is 36.0 Å². The Morgan fingerprint density at radius 2 is 1.36 bits per heavy atom. The number of benzene rings is 3. The number of amides is 2. The van der Waals surface area contributed by atoms with Crippen LogP contribution in [-0.4, -0.2) is 68.1 Å². The van der Waals surface area contributed by atoms with Gasteiger partial charge in [-0.2, -0.15) is 0 Å². The molecule has 13 nitrogen and oxygen atoms in total. The second-order valence-corrected chi connectivity index (χ2v) is 10.1. The summed E-state index contributed by atoms with van der Waals surface area (Å²) >= 11 is 0. The smallest absolute Gasteiger partial charge is 0.326 e. The molecule has 1 heterocycles. The summed E-state index contributed by atoms with van der Waals surface area (Å²) in [5.74, 6) is -3.87. The third-order valence-electron chi connectivity index (χ3n) is 6.43. The maximum Gasteiger partial charge on any atom is 0.326 e. The van der Waals surface area contributed by atoms with E-state index in [1.54, 1.807) is 0 Å². The van der Waals surface area contributed by atoms with Crippen LogP contribution in [0, 0.1) is 0 Å². The van der Waals surface area contributed by atoms with Crippen LogP contribution in [0.5, 0.6) is 0 Å². The van der Waals surface area contributed by atoms with E-state index in [0.29, 0.717) is 19.4 Å². The van der Waals surface area contributed by atoms with Crippen LogP contribution in [0.25, 0.3) is 10.8 Å². The zero-order valence-corrected chi connectivity index (χ0v) is 24.5. The van der Waals surface area contributed by atoms with E-state index in [1.165, 1.54) is 19.2 Å². The molecule has 3 atom stereocenters. The van der Waals surface area contributed by atoms with Crippen molar-refractivity contribution in [2.24, 2.45) is 11.5 Å². The Balaban J connectivity index is 0.000000296. The standard InChI is InChI=1S/C20H20N2O3.C8H11NO4.C3H7NO2/c21-19(20(23)24)11-14-5-7-15(8-6-14)13-25-22-18-10-9-16-3-1-2-4-17(16)12-18;1-5(8(12)13)9-6(10)3-2-4-7(9)11;1-2(4)3(5)6/h1-10,12,19,22H,11,13,21H2,(H,23,24);5H,2-4H2,1H3,(H,12,13);2H,4H2,1H3,(H,5,6)/t19-;5-;2-/m000/s1. The molecular weight excluding hydrogens is 572 g/mol.